The van der Waals surface area contributed by atoms with Gasteiger partial charge in [0.1, 0.15) is 5.76 Å². The molecule has 1 N–H and O–H groups in total. The summed E-state index contributed by atoms with van der Waals surface area (Å²) >= 11 is 0. The van der Waals surface area contributed by atoms with Crippen LogP contribution in [-0.4, -0.2) is 4.98 Å². The average Bonchev–Trinajstić information content (AvgIpc) is 2.85. The molecule has 14 heavy (non-hydrogen) atoms. The van der Waals surface area contributed by atoms with Crippen molar-refractivity contribution in [2.24, 2.45) is 0 Å². The van der Waals surface area contributed by atoms with Gasteiger partial charge in [-0.1, -0.05) is 18.2 Å². The molecule has 2 nitrogen and oxygen atoms in total. The molecule has 2 aromatic heterocycles. The normalized spacial score (nSPS) is 10.9. The van der Waals surface area contributed by atoms with E-state index in [9.17, 15) is 0 Å². The number of fused-ring (bicyclic) bond motifs is 1. The summed E-state index contributed by atoms with van der Waals surface area (Å²) in [6.45, 7) is 0. The van der Waals surface area contributed by atoms with Crippen LogP contribution in [0.4, 0.5) is 0 Å². The van der Waals surface area contributed by atoms with E-state index in [1.165, 1.54) is 0 Å². The molecule has 0 fully saturated rings. The van der Waals surface area contributed by atoms with Crippen LogP contribution in [0, 0.1) is 6.20 Å². The van der Waals surface area contributed by atoms with E-state index >= 15 is 0 Å². The first-order chi connectivity index (χ1) is 6.95. The van der Waals surface area contributed by atoms with Crippen LogP contribution in [0.25, 0.3) is 22.2 Å². The van der Waals surface area contributed by atoms with Crippen molar-refractivity contribution in [3.63, 3.8) is 0 Å². The predicted octanol–water partition coefficient (Wildman–Crippen LogP) is 3.23. The standard InChI is InChI=1S/C12H8NO/c1-2-5-11-9(4-1)10(8-13-11)12-6-3-7-14-12/h1-7,13H. The highest BCUT2D eigenvalue weighted by Gasteiger charge is 2.07. The zero-order chi connectivity index (χ0) is 9.38. The fourth-order valence-corrected chi connectivity index (χ4v) is 1.62. The highest BCUT2D eigenvalue weighted by Crippen LogP contribution is 2.27. The van der Waals surface area contributed by atoms with Gasteiger partial charge in [-0.05, 0) is 18.2 Å². The van der Waals surface area contributed by atoms with Crippen LogP contribution < -0.4 is 0 Å². The summed E-state index contributed by atoms with van der Waals surface area (Å²) in [5, 5.41) is 1.14. The molecule has 3 rings (SSSR count). The molecule has 0 atom stereocenters. The molecule has 2 heteroatoms. The third kappa shape index (κ3) is 0.973. The van der Waals surface area contributed by atoms with Crippen molar-refractivity contribution in [3.8, 4) is 11.3 Å². The first kappa shape index (κ1) is 7.44. The van der Waals surface area contributed by atoms with E-state index in [4.69, 9.17) is 4.42 Å². The Morgan fingerprint density at radius 3 is 2.86 bits per heavy atom. The van der Waals surface area contributed by atoms with Crippen molar-refractivity contribution in [1.29, 1.82) is 0 Å². The van der Waals surface area contributed by atoms with Gasteiger partial charge >= 0.3 is 0 Å². The van der Waals surface area contributed by atoms with Crippen LogP contribution in [0.1, 0.15) is 0 Å². The van der Waals surface area contributed by atoms with E-state index in [0.717, 1.165) is 22.2 Å². The van der Waals surface area contributed by atoms with Crippen molar-refractivity contribution < 1.29 is 4.42 Å². The monoisotopic (exact) mass is 182 g/mol. The van der Waals surface area contributed by atoms with Crippen LogP contribution in [0.2, 0.25) is 0 Å². The van der Waals surface area contributed by atoms with Gasteiger partial charge in [-0.15, -0.1) is 0 Å². The quantitative estimate of drug-likeness (QED) is 0.615. The van der Waals surface area contributed by atoms with Crippen LogP contribution in [-0.2, 0) is 0 Å². The van der Waals surface area contributed by atoms with E-state index in [0.29, 0.717) is 0 Å². The third-order valence-corrected chi connectivity index (χ3v) is 2.29. The minimum atomic E-state index is 0.849. The smallest absolute Gasteiger partial charge is 0.136 e. The zero-order valence-electron chi connectivity index (χ0n) is 7.45. The Morgan fingerprint density at radius 2 is 2.00 bits per heavy atom. The highest BCUT2D eigenvalue weighted by atomic mass is 16.3. The molecular formula is C12H8NO. The van der Waals surface area contributed by atoms with Crippen molar-refractivity contribution in [1.82, 2.24) is 4.98 Å². The molecule has 2 heterocycles. The van der Waals surface area contributed by atoms with E-state index in [-0.39, 0.29) is 0 Å². The van der Waals surface area contributed by atoms with E-state index in [1.54, 1.807) is 6.26 Å². The maximum Gasteiger partial charge on any atom is 0.136 e. The Balaban J connectivity index is 2.33. The number of hydrogen-bond donors (Lipinski definition) is 1. The molecular weight excluding hydrogens is 174 g/mol. The Hall–Kier alpha value is -1.96. The topological polar surface area (TPSA) is 28.9 Å². The van der Waals surface area contributed by atoms with E-state index in [1.807, 2.05) is 30.3 Å². The van der Waals surface area contributed by atoms with Crippen molar-refractivity contribution in [2.75, 3.05) is 0 Å². The van der Waals surface area contributed by atoms with Crippen molar-refractivity contribution >= 4 is 10.9 Å². The number of hydrogen-bond acceptors (Lipinski definition) is 1. The molecule has 0 bridgehead atoms. The lowest BCUT2D eigenvalue weighted by Crippen LogP contribution is -1.69. The summed E-state index contributed by atoms with van der Waals surface area (Å²) in [6.07, 6.45) is 4.77. The number of rotatable bonds is 1. The summed E-state index contributed by atoms with van der Waals surface area (Å²) in [6, 6.07) is 11.9. The van der Waals surface area contributed by atoms with Gasteiger partial charge in [0.25, 0.3) is 0 Å². The molecule has 3 aromatic rings. The summed E-state index contributed by atoms with van der Waals surface area (Å²) in [7, 11) is 0. The van der Waals surface area contributed by atoms with Gasteiger partial charge in [-0.2, -0.15) is 0 Å². The second-order valence-electron chi connectivity index (χ2n) is 3.15. The lowest BCUT2D eigenvalue weighted by atomic mass is 10.1. The van der Waals surface area contributed by atoms with Gasteiger partial charge in [0.2, 0.25) is 0 Å². The fourth-order valence-electron chi connectivity index (χ4n) is 1.62. The molecule has 0 spiro atoms. The Morgan fingerprint density at radius 1 is 1.07 bits per heavy atom. The van der Waals surface area contributed by atoms with Crippen LogP contribution in [0.3, 0.4) is 0 Å². The largest absolute Gasteiger partial charge is 0.464 e. The Bertz CT molecular complexity index is 548. The molecule has 0 aliphatic rings. The summed E-state index contributed by atoms with van der Waals surface area (Å²) in [5.74, 6) is 0.849. The molecule has 0 amide bonds. The first-order valence-corrected chi connectivity index (χ1v) is 4.47. The lowest BCUT2D eigenvalue weighted by Gasteiger charge is -1.92. The third-order valence-electron chi connectivity index (χ3n) is 2.29. The van der Waals surface area contributed by atoms with E-state index in [2.05, 4.69) is 17.2 Å². The van der Waals surface area contributed by atoms with Gasteiger partial charge < -0.3 is 9.40 Å². The van der Waals surface area contributed by atoms with Crippen molar-refractivity contribution in [3.05, 3.63) is 48.9 Å². The minimum absolute atomic E-state index is 0.849. The number of nitrogens with one attached hydrogen (secondary N) is 1. The maximum absolute atomic E-state index is 5.33. The molecule has 1 aromatic carbocycles. The number of furan rings is 1. The number of aromatic amines is 1. The summed E-state index contributed by atoms with van der Waals surface area (Å²) < 4.78 is 5.33. The number of H-pyrrole nitrogens is 1. The van der Waals surface area contributed by atoms with Gasteiger partial charge in [0.15, 0.2) is 0 Å². The molecule has 0 saturated heterocycles. The van der Waals surface area contributed by atoms with Gasteiger partial charge in [0.05, 0.1) is 18.0 Å². The van der Waals surface area contributed by atoms with Gasteiger partial charge in [-0.25, -0.2) is 0 Å². The number of para-hydroxylation sites is 1. The molecule has 1 radical (unpaired) electrons. The molecule has 0 aliphatic heterocycles. The van der Waals surface area contributed by atoms with Gasteiger partial charge in [0, 0.05) is 10.9 Å². The minimum Gasteiger partial charge on any atom is -0.464 e. The average molecular weight is 182 g/mol. The molecule has 0 saturated carbocycles. The SMILES string of the molecule is [c]1[nH]c2ccccc2c1-c1ccco1. The molecule has 67 valence electrons. The predicted molar refractivity (Wildman–Crippen MR) is 54.8 cm³/mol. The van der Waals surface area contributed by atoms with Crippen LogP contribution in [0.15, 0.2) is 47.1 Å². The van der Waals surface area contributed by atoms with Crippen molar-refractivity contribution in [2.45, 2.75) is 0 Å². The maximum atomic E-state index is 5.33. The number of benzene rings is 1. The first-order valence-electron chi connectivity index (χ1n) is 4.47. The summed E-state index contributed by atoms with van der Waals surface area (Å²) in [4.78, 5) is 3.09. The molecule has 0 aliphatic carbocycles. The second-order valence-corrected chi connectivity index (χ2v) is 3.15. The molecule has 0 unspecified atom stereocenters. The summed E-state index contributed by atoms with van der Waals surface area (Å²) in [5.41, 5.74) is 2.07. The fraction of sp³-hybridized carbons (Fsp3) is 0. The lowest BCUT2D eigenvalue weighted by molar-refractivity contribution is 0.583. The zero-order valence-corrected chi connectivity index (χ0v) is 7.45. The van der Waals surface area contributed by atoms with Crippen LogP contribution in [0.5, 0.6) is 0 Å². The second kappa shape index (κ2) is 2.77. The Kier molecular flexibility index (Phi) is 1.47. The van der Waals surface area contributed by atoms with Crippen LogP contribution >= 0.6 is 0 Å². The van der Waals surface area contributed by atoms with E-state index < -0.39 is 0 Å². The number of aromatic nitrogens is 1. The van der Waals surface area contributed by atoms with Gasteiger partial charge in [-0.3, -0.25) is 0 Å². The highest BCUT2D eigenvalue weighted by molar-refractivity contribution is 5.93. The Labute approximate surface area is 81.2 Å².